The fourth-order valence-electron chi connectivity index (χ4n) is 2.69. The number of nitrogens with one attached hydrogen (secondary N) is 1. The van der Waals surface area contributed by atoms with E-state index in [0.717, 1.165) is 0 Å². The van der Waals surface area contributed by atoms with E-state index in [1.807, 2.05) is 5.32 Å². The standard InChI is InChI=1S/C17H13BrF4N4O4/c18-7-1-12(27)14(24-4-7)30-16(28)25-11-2-8(9(19)3-10(11)20)17(15(21)22)6-29-5-13(23)26-17/h1-4,15,27H,5-6H2,(H2,23,26)(H,25,28). The summed E-state index contributed by atoms with van der Waals surface area (Å²) in [6, 6.07) is 2.15. The first-order chi connectivity index (χ1) is 14.1. The van der Waals surface area contributed by atoms with Gasteiger partial charge in [0.2, 0.25) is 0 Å². The predicted molar refractivity (Wildman–Crippen MR) is 99.7 cm³/mol. The van der Waals surface area contributed by atoms with Crippen LogP contribution in [0.5, 0.6) is 11.6 Å². The molecule has 8 nitrogen and oxygen atoms in total. The number of aliphatic imine (C=N–C) groups is 1. The first kappa shape index (κ1) is 21.8. The number of amides is 1. The molecule has 1 aromatic heterocycles. The molecule has 0 saturated heterocycles. The van der Waals surface area contributed by atoms with E-state index in [1.54, 1.807) is 0 Å². The van der Waals surface area contributed by atoms with Crippen molar-refractivity contribution < 1.29 is 36.9 Å². The second kappa shape index (κ2) is 8.44. The largest absolute Gasteiger partial charge is 0.503 e. The van der Waals surface area contributed by atoms with E-state index in [1.165, 1.54) is 12.3 Å². The Morgan fingerprint density at radius 2 is 2.07 bits per heavy atom. The number of aromatic hydroxyl groups is 1. The van der Waals surface area contributed by atoms with Crippen LogP contribution in [0.2, 0.25) is 0 Å². The Labute approximate surface area is 174 Å². The molecule has 1 amide bonds. The van der Waals surface area contributed by atoms with E-state index in [-0.39, 0.29) is 12.4 Å². The minimum Gasteiger partial charge on any atom is -0.503 e. The molecule has 0 spiro atoms. The van der Waals surface area contributed by atoms with E-state index in [4.69, 9.17) is 15.2 Å². The van der Waals surface area contributed by atoms with Gasteiger partial charge in [-0.3, -0.25) is 10.3 Å². The number of carbonyl (C=O) groups excluding carboxylic acids is 1. The first-order valence-corrected chi connectivity index (χ1v) is 8.94. The Balaban J connectivity index is 1.93. The molecule has 160 valence electrons. The highest BCUT2D eigenvalue weighted by Crippen LogP contribution is 2.38. The van der Waals surface area contributed by atoms with Crippen molar-refractivity contribution >= 4 is 33.5 Å². The van der Waals surface area contributed by atoms with Gasteiger partial charge in [-0.25, -0.2) is 27.3 Å². The van der Waals surface area contributed by atoms with Gasteiger partial charge in [0.25, 0.3) is 12.3 Å². The number of pyridine rings is 1. The highest BCUT2D eigenvalue weighted by Gasteiger charge is 2.46. The van der Waals surface area contributed by atoms with Gasteiger partial charge >= 0.3 is 6.09 Å². The maximum Gasteiger partial charge on any atom is 0.418 e. The third kappa shape index (κ3) is 4.31. The second-order valence-electron chi connectivity index (χ2n) is 6.13. The summed E-state index contributed by atoms with van der Waals surface area (Å²) in [5.41, 5.74) is 1.54. The van der Waals surface area contributed by atoms with Crippen molar-refractivity contribution in [1.29, 1.82) is 0 Å². The molecular weight excluding hydrogens is 480 g/mol. The maximum absolute atomic E-state index is 14.4. The average Bonchev–Trinajstić information content (AvgIpc) is 2.66. The molecule has 0 saturated carbocycles. The topological polar surface area (TPSA) is 119 Å². The number of benzene rings is 1. The summed E-state index contributed by atoms with van der Waals surface area (Å²) < 4.78 is 66.3. The molecule has 1 atom stereocenters. The zero-order chi connectivity index (χ0) is 22.1. The molecule has 2 heterocycles. The second-order valence-corrected chi connectivity index (χ2v) is 7.04. The van der Waals surface area contributed by atoms with Crippen molar-refractivity contribution in [3.8, 4) is 11.6 Å². The number of alkyl halides is 2. The number of rotatable bonds is 4. The monoisotopic (exact) mass is 492 g/mol. The van der Waals surface area contributed by atoms with Crippen molar-refractivity contribution in [1.82, 2.24) is 4.98 Å². The Kier molecular flexibility index (Phi) is 6.12. The van der Waals surface area contributed by atoms with Gasteiger partial charge in [0.1, 0.15) is 24.1 Å². The number of nitrogens with two attached hydrogens (primary N) is 1. The molecule has 0 aliphatic carbocycles. The molecule has 13 heteroatoms. The van der Waals surface area contributed by atoms with Crippen LogP contribution in [0.1, 0.15) is 5.56 Å². The highest BCUT2D eigenvalue weighted by atomic mass is 79.9. The molecule has 3 rings (SSSR count). The minimum absolute atomic E-state index is 0.224. The van der Waals surface area contributed by atoms with Gasteiger partial charge in [-0.05, 0) is 22.0 Å². The first-order valence-electron chi connectivity index (χ1n) is 8.15. The van der Waals surface area contributed by atoms with Crippen molar-refractivity contribution in [3.63, 3.8) is 0 Å². The van der Waals surface area contributed by atoms with Crippen LogP contribution in [0.25, 0.3) is 0 Å². The van der Waals surface area contributed by atoms with Crippen molar-refractivity contribution in [2.75, 3.05) is 18.5 Å². The number of nitrogens with zero attached hydrogens (tertiary/aromatic N) is 2. The highest BCUT2D eigenvalue weighted by molar-refractivity contribution is 9.10. The number of ether oxygens (including phenoxy) is 2. The zero-order valence-electron chi connectivity index (χ0n) is 14.8. The van der Waals surface area contributed by atoms with Gasteiger partial charge in [0.15, 0.2) is 11.3 Å². The van der Waals surface area contributed by atoms with Gasteiger partial charge in [0, 0.05) is 28.4 Å². The summed E-state index contributed by atoms with van der Waals surface area (Å²) in [6.07, 6.45) is -3.35. The summed E-state index contributed by atoms with van der Waals surface area (Å²) in [7, 11) is 0. The number of aromatic nitrogens is 1. The predicted octanol–water partition coefficient (Wildman–Crippen LogP) is 3.29. The summed E-state index contributed by atoms with van der Waals surface area (Å²) >= 11 is 3.04. The van der Waals surface area contributed by atoms with Crippen LogP contribution in [0.3, 0.4) is 0 Å². The van der Waals surface area contributed by atoms with E-state index < -0.39 is 59.2 Å². The van der Waals surface area contributed by atoms with Gasteiger partial charge in [0.05, 0.1) is 12.3 Å². The molecule has 1 aromatic carbocycles. The summed E-state index contributed by atoms with van der Waals surface area (Å²) in [5.74, 6) is -3.89. The molecule has 30 heavy (non-hydrogen) atoms. The van der Waals surface area contributed by atoms with Crippen molar-refractivity contribution in [3.05, 3.63) is 46.1 Å². The van der Waals surface area contributed by atoms with Crippen molar-refractivity contribution in [2.24, 2.45) is 10.7 Å². The number of halogens is 5. The molecule has 1 aliphatic heterocycles. The third-order valence-corrected chi connectivity index (χ3v) is 4.46. The fraction of sp³-hybridized carbons (Fsp3) is 0.235. The molecule has 4 N–H and O–H groups in total. The SMILES string of the molecule is NC1=NC(c2cc(NC(=O)Oc3ncc(Br)cc3O)c(F)cc2F)(C(F)F)COC1. The van der Waals surface area contributed by atoms with Crippen LogP contribution in [0.15, 0.2) is 33.9 Å². The van der Waals surface area contributed by atoms with Crippen LogP contribution in [-0.2, 0) is 10.3 Å². The number of carbonyl (C=O) groups is 1. The van der Waals surface area contributed by atoms with Crippen LogP contribution in [0.4, 0.5) is 28.0 Å². The number of hydrogen-bond donors (Lipinski definition) is 3. The lowest BCUT2D eigenvalue weighted by Gasteiger charge is -2.33. The normalized spacial score (nSPS) is 18.8. The molecule has 2 aromatic rings. The Bertz CT molecular complexity index is 1020. The molecule has 0 bridgehead atoms. The molecule has 0 fully saturated rings. The van der Waals surface area contributed by atoms with Crippen LogP contribution in [-0.4, -0.2) is 41.7 Å². The van der Waals surface area contributed by atoms with E-state index in [2.05, 4.69) is 25.9 Å². The lowest BCUT2D eigenvalue weighted by atomic mass is 9.89. The number of hydrogen-bond acceptors (Lipinski definition) is 7. The summed E-state index contributed by atoms with van der Waals surface area (Å²) in [6.45, 7) is -0.938. The average molecular weight is 493 g/mol. The van der Waals surface area contributed by atoms with Gasteiger partial charge in [-0.2, -0.15) is 0 Å². The Morgan fingerprint density at radius 1 is 1.33 bits per heavy atom. The minimum atomic E-state index is -3.25. The lowest BCUT2D eigenvalue weighted by molar-refractivity contribution is -0.0146. The smallest absolute Gasteiger partial charge is 0.418 e. The molecule has 1 aliphatic rings. The van der Waals surface area contributed by atoms with E-state index >= 15 is 0 Å². The molecular formula is C17H13BrF4N4O4. The quantitative estimate of drug-likeness (QED) is 0.563. The zero-order valence-corrected chi connectivity index (χ0v) is 16.4. The number of anilines is 1. The Hall–Kier alpha value is -2.93. The molecule has 1 unspecified atom stereocenters. The lowest BCUT2D eigenvalue weighted by Crippen LogP contribution is -2.45. The molecule has 0 radical (unpaired) electrons. The van der Waals surface area contributed by atoms with Gasteiger partial charge in [-0.1, -0.05) is 0 Å². The van der Waals surface area contributed by atoms with E-state index in [0.29, 0.717) is 16.6 Å². The summed E-state index contributed by atoms with van der Waals surface area (Å²) in [5, 5.41) is 11.6. The third-order valence-electron chi connectivity index (χ3n) is 4.02. The van der Waals surface area contributed by atoms with Crippen molar-refractivity contribution in [2.45, 2.75) is 12.0 Å². The van der Waals surface area contributed by atoms with Gasteiger partial charge < -0.3 is 20.3 Å². The van der Waals surface area contributed by atoms with E-state index in [9.17, 15) is 27.5 Å². The Morgan fingerprint density at radius 3 is 2.70 bits per heavy atom. The maximum atomic E-state index is 14.4. The van der Waals surface area contributed by atoms with Crippen LogP contribution in [0, 0.1) is 11.6 Å². The van der Waals surface area contributed by atoms with Crippen LogP contribution >= 0.6 is 15.9 Å². The van der Waals surface area contributed by atoms with Gasteiger partial charge in [-0.15, -0.1) is 0 Å². The summed E-state index contributed by atoms with van der Waals surface area (Å²) in [4.78, 5) is 19.3. The fourth-order valence-corrected chi connectivity index (χ4v) is 3.01. The van der Waals surface area contributed by atoms with Crippen LogP contribution < -0.4 is 15.8 Å². The number of amidine groups is 1.